The average molecular weight is 378 g/mol. The van der Waals surface area contributed by atoms with Crippen molar-refractivity contribution in [2.24, 2.45) is 0 Å². The first-order chi connectivity index (χ1) is 13.3. The first-order valence-electron chi connectivity index (χ1n) is 8.92. The Balaban J connectivity index is 1.74. The van der Waals surface area contributed by atoms with Gasteiger partial charge >= 0.3 is 0 Å². The maximum Gasteiger partial charge on any atom is 0.278 e. The zero-order valence-electron chi connectivity index (χ0n) is 16.3. The van der Waals surface area contributed by atoms with E-state index in [2.05, 4.69) is 16.5 Å². The molecule has 144 valence electrons. The fourth-order valence-corrected chi connectivity index (χ4v) is 2.89. The number of hydrogen-bond acceptors (Lipinski definition) is 5. The van der Waals surface area contributed by atoms with E-state index >= 15 is 0 Å². The Labute approximate surface area is 163 Å². The van der Waals surface area contributed by atoms with Crippen molar-refractivity contribution < 1.29 is 18.8 Å². The number of Topliss-reactive ketones (excluding diaryl/α,β-unsaturated/α-hetero) is 1. The molecular formula is C22H22N2O4. The van der Waals surface area contributed by atoms with Crippen LogP contribution in [0.4, 0.5) is 5.69 Å². The maximum atomic E-state index is 12.6. The van der Waals surface area contributed by atoms with Crippen molar-refractivity contribution in [1.82, 2.24) is 5.16 Å². The molecule has 0 atom stereocenters. The van der Waals surface area contributed by atoms with Crippen LogP contribution in [0, 0.1) is 20.8 Å². The highest BCUT2D eigenvalue weighted by Crippen LogP contribution is 2.21. The van der Waals surface area contributed by atoms with E-state index in [9.17, 15) is 9.59 Å². The molecule has 0 saturated carbocycles. The number of aryl methyl sites for hydroxylation is 3. The average Bonchev–Trinajstić information content (AvgIpc) is 3.00. The standard InChI is InChI=1S/C22H22N2O4/c1-13-9-14(2)11-19(10-13)27-12-20-16(4)28-24-21(20)22(26)23-18-7-5-17(6-8-18)15(3)25/h5-11H,12H2,1-4H3,(H,23,26). The Hall–Kier alpha value is -3.41. The van der Waals surface area contributed by atoms with E-state index in [0.29, 0.717) is 22.6 Å². The van der Waals surface area contributed by atoms with E-state index in [0.717, 1.165) is 16.9 Å². The van der Waals surface area contributed by atoms with Gasteiger partial charge in [-0.25, -0.2) is 0 Å². The Morgan fingerprint density at radius 2 is 1.68 bits per heavy atom. The summed E-state index contributed by atoms with van der Waals surface area (Å²) in [6.07, 6.45) is 0. The first kappa shape index (κ1) is 19.4. The van der Waals surface area contributed by atoms with Gasteiger partial charge < -0.3 is 14.6 Å². The van der Waals surface area contributed by atoms with Gasteiger partial charge in [0.05, 0.1) is 5.56 Å². The van der Waals surface area contributed by atoms with E-state index in [1.807, 2.05) is 26.0 Å². The largest absolute Gasteiger partial charge is 0.489 e. The van der Waals surface area contributed by atoms with Crippen molar-refractivity contribution >= 4 is 17.4 Å². The second kappa shape index (κ2) is 8.08. The van der Waals surface area contributed by atoms with Crippen LogP contribution in [0.3, 0.4) is 0 Å². The Kier molecular flexibility index (Phi) is 5.59. The summed E-state index contributed by atoms with van der Waals surface area (Å²) in [6.45, 7) is 7.41. The van der Waals surface area contributed by atoms with Crippen molar-refractivity contribution in [3.05, 3.63) is 76.2 Å². The molecule has 0 unspecified atom stereocenters. The summed E-state index contributed by atoms with van der Waals surface area (Å²) in [5.41, 5.74) is 4.12. The van der Waals surface area contributed by atoms with E-state index in [1.165, 1.54) is 6.92 Å². The number of nitrogens with one attached hydrogen (secondary N) is 1. The first-order valence-corrected chi connectivity index (χ1v) is 8.92. The molecule has 0 radical (unpaired) electrons. The highest BCUT2D eigenvalue weighted by Gasteiger charge is 2.20. The predicted molar refractivity (Wildman–Crippen MR) is 106 cm³/mol. The lowest BCUT2D eigenvalue weighted by Crippen LogP contribution is -2.15. The van der Waals surface area contributed by atoms with Crippen molar-refractivity contribution in [2.45, 2.75) is 34.3 Å². The lowest BCUT2D eigenvalue weighted by Gasteiger charge is -2.09. The number of benzene rings is 2. The second-order valence-electron chi connectivity index (χ2n) is 6.77. The molecule has 28 heavy (non-hydrogen) atoms. The zero-order valence-corrected chi connectivity index (χ0v) is 16.3. The fourth-order valence-electron chi connectivity index (χ4n) is 2.89. The monoisotopic (exact) mass is 378 g/mol. The van der Waals surface area contributed by atoms with Crippen molar-refractivity contribution in [3.63, 3.8) is 0 Å². The van der Waals surface area contributed by atoms with Gasteiger partial charge in [-0.2, -0.15) is 0 Å². The molecule has 0 aliphatic carbocycles. The minimum absolute atomic E-state index is 0.0316. The number of rotatable bonds is 6. The van der Waals surface area contributed by atoms with Crippen LogP contribution in [0.2, 0.25) is 0 Å². The molecule has 0 aliphatic rings. The number of carbonyl (C=O) groups excluding carboxylic acids is 2. The molecule has 1 heterocycles. The van der Waals surface area contributed by atoms with Gasteiger partial charge in [-0.15, -0.1) is 0 Å². The number of ether oxygens (including phenoxy) is 1. The zero-order chi connectivity index (χ0) is 20.3. The molecule has 1 aromatic heterocycles. The van der Waals surface area contributed by atoms with Crippen LogP contribution in [0.15, 0.2) is 47.0 Å². The molecule has 6 heteroatoms. The molecule has 0 aliphatic heterocycles. The van der Waals surface area contributed by atoms with Crippen LogP contribution in [0.1, 0.15) is 50.2 Å². The number of carbonyl (C=O) groups is 2. The molecule has 6 nitrogen and oxygen atoms in total. The van der Waals surface area contributed by atoms with Gasteiger partial charge in [-0.05, 0) is 75.2 Å². The Bertz CT molecular complexity index is 999. The summed E-state index contributed by atoms with van der Waals surface area (Å²) < 4.78 is 11.1. The summed E-state index contributed by atoms with van der Waals surface area (Å²) in [7, 11) is 0. The van der Waals surface area contributed by atoms with Crippen molar-refractivity contribution in [2.75, 3.05) is 5.32 Å². The molecule has 1 N–H and O–H groups in total. The van der Waals surface area contributed by atoms with Crippen LogP contribution in [0.5, 0.6) is 5.75 Å². The van der Waals surface area contributed by atoms with Crippen molar-refractivity contribution in [1.29, 1.82) is 0 Å². The van der Waals surface area contributed by atoms with Gasteiger partial charge in [0.2, 0.25) is 0 Å². The Morgan fingerprint density at radius 3 is 2.29 bits per heavy atom. The SMILES string of the molecule is CC(=O)c1ccc(NC(=O)c2noc(C)c2COc2cc(C)cc(C)c2)cc1. The molecule has 1 amide bonds. The molecular weight excluding hydrogens is 356 g/mol. The van der Waals surface area contributed by atoms with Gasteiger partial charge in [0.25, 0.3) is 5.91 Å². The molecule has 0 fully saturated rings. The number of nitrogens with zero attached hydrogens (tertiary/aromatic N) is 1. The van der Waals surface area contributed by atoms with Gasteiger partial charge in [0.1, 0.15) is 18.1 Å². The van der Waals surface area contributed by atoms with Crippen molar-refractivity contribution in [3.8, 4) is 5.75 Å². The minimum atomic E-state index is -0.397. The van der Waals surface area contributed by atoms with E-state index < -0.39 is 5.91 Å². The number of anilines is 1. The fraction of sp³-hybridized carbons (Fsp3) is 0.227. The summed E-state index contributed by atoms with van der Waals surface area (Å²) in [6, 6.07) is 12.6. The van der Waals surface area contributed by atoms with Crippen LogP contribution >= 0.6 is 0 Å². The second-order valence-corrected chi connectivity index (χ2v) is 6.77. The molecule has 3 rings (SSSR count). The normalized spacial score (nSPS) is 10.6. The third kappa shape index (κ3) is 4.46. The van der Waals surface area contributed by atoms with E-state index in [4.69, 9.17) is 9.26 Å². The summed E-state index contributed by atoms with van der Waals surface area (Å²) in [5.74, 6) is 0.827. The maximum absolute atomic E-state index is 12.6. The van der Waals surface area contributed by atoms with Crippen LogP contribution in [-0.4, -0.2) is 16.8 Å². The molecule has 2 aromatic carbocycles. The van der Waals surface area contributed by atoms with Gasteiger partial charge in [-0.3, -0.25) is 9.59 Å². The molecule has 0 bridgehead atoms. The summed E-state index contributed by atoms with van der Waals surface area (Å²) in [4.78, 5) is 24.0. The van der Waals surface area contributed by atoms with Gasteiger partial charge in [0, 0.05) is 11.3 Å². The molecule has 0 saturated heterocycles. The van der Waals surface area contributed by atoms with Gasteiger partial charge in [0.15, 0.2) is 11.5 Å². The van der Waals surface area contributed by atoms with Gasteiger partial charge in [-0.1, -0.05) is 11.2 Å². The quantitative estimate of drug-likeness (QED) is 0.632. The van der Waals surface area contributed by atoms with Crippen LogP contribution in [0.25, 0.3) is 0 Å². The van der Waals surface area contributed by atoms with E-state index in [-0.39, 0.29) is 18.1 Å². The lowest BCUT2D eigenvalue weighted by atomic mass is 10.1. The minimum Gasteiger partial charge on any atom is -0.489 e. The predicted octanol–water partition coefficient (Wildman–Crippen LogP) is 4.63. The van der Waals surface area contributed by atoms with Crippen LogP contribution < -0.4 is 10.1 Å². The molecule has 3 aromatic rings. The number of hydrogen-bond donors (Lipinski definition) is 1. The third-order valence-corrected chi connectivity index (χ3v) is 4.33. The van der Waals surface area contributed by atoms with E-state index in [1.54, 1.807) is 31.2 Å². The number of amides is 1. The lowest BCUT2D eigenvalue weighted by molar-refractivity contribution is 0.101. The number of ketones is 1. The molecule has 0 spiro atoms. The summed E-state index contributed by atoms with van der Waals surface area (Å²) in [5, 5.41) is 6.65. The number of aromatic nitrogens is 1. The highest BCUT2D eigenvalue weighted by molar-refractivity contribution is 6.04. The van der Waals surface area contributed by atoms with Crippen LogP contribution in [-0.2, 0) is 6.61 Å². The smallest absolute Gasteiger partial charge is 0.278 e. The Morgan fingerprint density at radius 1 is 1.04 bits per heavy atom. The topological polar surface area (TPSA) is 81.4 Å². The third-order valence-electron chi connectivity index (χ3n) is 4.33. The summed E-state index contributed by atoms with van der Waals surface area (Å²) >= 11 is 0. The highest BCUT2D eigenvalue weighted by atomic mass is 16.5.